The van der Waals surface area contributed by atoms with E-state index in [1.807, 2.05) is 0 Å². The summed E-state index contributed by atoms with van der Waals surface area (Å²) in [5.41, 5.74) is 0. The molecule has 0 aromatic carbocycles. The molecule has 0 aliphatic heterocycles. The molecule has 2 atom stereocenters. The zero-order valence-electron chi connectivity index (χ0n) is 12.0. The number of aryl methyl sites for hydroxylation is 1. The van der Waals surface area contributed by atoms with E-state index in [1.165, 1.54) is 12.8 Å². The first-order valence-electron chi connectivity index (χ1n) is 7.40. The highest BCUT2D eigenvalue weighted by molar-refractivity contribution is 5.03. The Hall–Kier alpha value is -0.940. The van der Waals surface area contributed by atoms with Gasteiger partial charge in [0, 0.05) is 26.2 Å². The van der Waals surface area contributed by atoms with Gasteiger partial charge in [-0.3, -0.25) is 0 Å². The minimum Gasteiger partial charge on any atom is -0.385 e. The molecular weight excluding hydrogens is 242 g/mol. The van der Waals surface area contributed by atoms with Crippen LogP contribution in [0.3, 0.4) is 0 Å². The molecule has 5 heteroatoms. The number of aromatic nitrogens is 2. The Labute approximate surface area is 115 Å². The van der Waals surface area contributed by atoms with Crippen LogP contribution in [0.4, 0.5) is 0 Å². The van der Waals surface area contributed by atoms with E-state index in [4.69, 9.17) is 9.26 Å². The largest absolute Gasteiger partial charge is 0.385 e. The first-order valence-corrected chi connectivity index (χ1v) is 7.40. The molecule has 0 amide bonds. The van der Waals surface area contributed by atoms with Gasteiger partial charge in [-0.2, -0.15) is 4.98 Å². The van der Waals surface area contributed by atoms with Gasteiger partial charge in [-0.25, -0.2) is 0 Å². The quantitative estimate of drug-likeness (QED) is 0.732. The maximum atomic E-state index is 5.45. The highest BCUT2D eigenvalue weighted by Gasteiger charge is 2.32. The summed E-state index contributed by atoms with van der Waals surface area (Å²) in [6, 6.07) is 0.507. The van der Waals surface area contributed by atoms with Crippen molar-refractivity contribution in [3.05, 3.63) is 11.7 Å². The molecule has 2 unspecified atom stereocenters. The van der Waals surface area contributed by atoms with Crippen LogP contribution < -0.4 is 5.32 Å². The summed E-state index contributed by atoms with van der Waals surface area (Å²) in [4.78, 5) is 4.55. The molecule has 1 aliphatic rings. The molecule has 1 saturated carbocycles. The number of nitrogens with zero attached hydrogens (tertiary/aromatic N) is 2. The summed E-state index contributed by atoms with van der Waals surface area (Å²) in [6.45, 7) is 4.00. The van der Waals surface area contributed by atoms with Crippen molar-refractivity contribution in [2.75, 3.05) is 20.3 Å². The molecule has 1 aliphatic carbocycles. The van der Waals surface area contributed by atoms with Crippen LogP contribution >= 0.6 is 0 Å². The van der Waals surface area contributed by atoms with Gasteiger partial charge >= 0.3 is 0 Å². The molecular formula is C14H25N3O2. The van der Waals surface area contributed by atoms with Gasteiger partial charge in [-0.15, -0.1) is 0 Å². The van der Waals surface area contributed by atoms with E-state index in [-0.39, 0.29) is 0 Å². The lowest BCUT2D eigenvalue weighted by molar-refractivity contribution is 0.194. The predicted molar refractivity (Wildman–Crippen MR) is 73.2 cm³/mol. The molecule has 1 aromatic rings. The van der Waals surface area contributed by atoms with Crippen molar-refractivity contribution in [2.45, 2.75) is 57.4 Å². The third-order valence-electron chi connectivity index (χ3n) is 3.72. The Morgan fingerprint density at radius 3 is 3.11 bits per heavy atom. The molecule has 0 bridgehead atoms. The number of nitrogens with one attached hydrogen (secondary N) is 1. The van der Waals surface area contributed by atoms with Crippen LogP contribution in [0.5, 0.6) is 0 Å². The molecule has 1 heterocycles. The summed E-state index contributed by atoms with van der Waals surface area (Å²) in [5.74, 6) is 2.03. The molecule has 2 rings (SSSR count). The Morgan fingerprint density at radius 1 is 1.42 bits per heavy atom. The maximum absolute atomic E-state index is 5.45. The number of hydrogen-bond donors (Lipinski definition) is 1. The molecule has 5 nitrogen and oxygen atoms in total. The molecule has 0 spiro atoms. The smallest absolute Gasteiger partial charge is 0.231 e. The van der Waals surface area contributed by atoms with E-state index < -0.39 is 0 Å². The molecule has 0 radical (unpaired) electrons. The van der Waals surface area contributed by atoms with Gasteiger partial charge in [-0.1, -0.05) is 18.5 Å². The summed E-state index contributed by atoms with van der Waals surface area (Å²) in [5, 5.41) is 7.67. The van der Waals surface area contributed by atoms with E-state index in [0.717, 1.165) is 50.6 Å². The van der Waals surface area contributed by atoms with Crippen LogP contribution in [0.1, 0.15) is 56.7 Å². The molecule has 1 aromatic heterocycles. The highest BCUT2D eigenvalue weighted by atomic mass is 16.5. The second-order valence-electron chi connectivity index (χ2n) is 5.24. The predicted octanol–water partition coefficient (Wildman–Crippen LogP) is 2.28. The van der Waals surface area contributed by atoms with E-state index in [9.17, 15) is 0 Å². The first-order chi connectivity index (χ1) is 9.35. The first kappa shape index (κ1) is 14.5. The molecule has 1 N–H and O–H groups in total. The monoisotopic (exact) mass is 267 g/mol. The van der Waals surface area contributed by atoms with Crippen molar-refractivity contribution >= 4 is 0 Å². The van der Waals surface area contributed by atoms with E-state index in [1.54, 1.807) is 7.11 Å². The van der Waals surface area contributed by atoms with Crippen LogP contribution in [0.25, 0.3) is 0 Å². The summed E-state index contributed by atoms with van der Waals surface area (Å²) >= 11 is 0. The molecule has 108 valence electrons. The van der Waals surface area contributed by atoms with Crippen LogP contribution in [0, 0.1) is 0 Å². The number of hydrogen-bond acceptors (Lipinski definition) is 5. The topological polar surface area (TPSA) is 60.2 Å². The third kappa shape index (κ3) is 4.01. The molecule has 1 fully saturated rings. The van der Waals surface area contributed by atoms with Crippen LogP contribution in [-0.4, -0.2) is 36.4 Å². The van der Waals surface area contributed by atoms with Gasteiger partial charge < -0.3 is 14.6 Å². The van der Waals surface area contributed by atoms with E-state index >= 15 is 0 Å². The van der Waals surface area contributed by atoms with Crippen LogP contribution in [0.2, 0.25) is 0 Å². The lowest BCUT2D eigenvalue weighted by atomic mass is 10.0. The van der Waals surface area contributed by atoms with Crippen molar-refractivity contribution in [1.82, 2.24) is 15.5 Å². The fraction of sp³-hybridized carbons (Fsp3) is 0.857. The Kier molecular flexibility index (Phi) is 5.79. The standard InChI is InChI=1S/C14H25N3O2/c1-3-9-15-12-7-4-6-11(12)14-16-13(17-19-14)8-5-10-18-2/h11-12,15H,3-10H2,1-2H3. The van der Waals surface area contributed by atoms with Crippen molar-refractivity contribution in [3.8, 4) is 0 Å². The average molecular weight is 267 g/mol. The summed E-state index contributed by atoms with van der Waals surface area (Å²) in [7, 11) is 1.71. The zero-order valence-corrected chi connectivity index (χ0v) is 12.0. The fourth-order valence-electron chi connectivity index (χ4n) is 2.72. The SMILES string of the molecule is CCCNC1CCCC1c1nc(CCCOC)no1. The van der Waals surface area contributed by atoms with Crippen molar-refractivity contribution in [2.24, 2.45) is 0 Å². The van der Waals surface area contributed by atoms with Gasteiger partial charge in [-0.05, 0) is 32.2 Å². The molecule has 19 heavy (non-hydrogen) atoms. The summed E-state index contributed by atoms with van der Waals surface area (Å²) < 4.78 is 10.5. The Morgan fingerprint density at radius 2 is 2.32 bits per heavy atom. The third-order valence-corrected chi connectivity index (χ3v) is 3.72. The lowest BCUT2D eigenvalue weighted by Gasteiger charge is -2.17. The second kappa shape index (κ2) is 7.60. The fourth-order valence-corrected chi connectivity index (χ4v) is 2.72. The van der Waals surface area contributed by atoms with Crippen LogP contribution in [-0.2, 0) is 11.2 Å². The maximum Gasteiger partial charge on any atom is 0.231 e. The minimum absolute atomic E-state index is 0.398. The van der Waals surface area contributed by atoms with Crippen LogP contribution in [0.15, 0.2) is 4.52 Å². The minimum atomic E-state index is 0.398. The highest BCUT2D eigenvalue weighted by Crippen LogP contribution is 2.33. The van der Waals surface area contributed by atoms with Crippen molar-refractivity contribution < 1.29 is 9.26 Å². The van der Waals surface area contributed by atoms with Gasteiger partial charge in [0.05, 0.1) is 5.92 Å². The van der Waals surface area contributed by atoms with Crippen molar-refractivity contribution in [3.63, 3.8) is 0 Å². The number of methoxy groups -OCH3 is 1. The van der Waals surface area contributed by atoms with Gasteiger partial charge in [0.2, 0.25) is 5.89 Å². The van der Waals surface area contributed by atoms with Gasteiger partial charge in [0.25, 0.3) is 0 Å². The van der Waals surface area contributed by atoms with E-state index in [0.29, 0.717) is 12.0 Å². The Balaban J connectivity index is 1.89. The van der Waals surface area contributed by atoms with Gasteiger partial charge in [0.1, 0.15) is 0 Å². The normalized spacial score (nSPS) is 23.1. The van der Waals surface area contributed by atoms with Crippen molar-refractivity contribution in [1.29, 1.82) is 0 Å². The van der Waals surface area contributed by atoms with E-state index in [2.05, 4.69) is 22.4 Å². The van der Waals surface area contributed by atoms with Gasteiger partial charge in [0.15, 0.2) is 5.82 Å². The number of rotatable bonds is 8. The Bertz CT molecular complexity index is 367. The summed E-state index contributed by atoms with van der Waals surface area (Å²) in [6.07, 6.45) is 6.55. The average Bonchev–Trinajstić information content (AvgIpc) is 3.05. The second-order valence-corrected chi connectivity index (χ2v) is 5.24. The molecule has 0 saturated heterocycles. The lowest BCUT2D eigenvalue weighted by Crippen LogP contribution is -2.31. The zero-order chi connectivity index (χ0) is 13.5. The number of ether oxygens (including phenoxy) is 1.